The molecule has 0 aromatic heterocycles. The van der Waals surface area contributed by atoms with Gasteiger partial charge in [-0.2, -0.15) is 0 Å². The van der Waals surface area contributed by atoms with Gasteiger partial charge in [0.15, 0.2) is 0 Å². The van der Waals surface area contributed by atoms with Crippen molar-refractivity contribution in [1.29, 1.82) is 0 Å². The van der Waals surface area contributed by atoms with E-state index in [4.69, 9.17) is 4.74 Å². The van der Waals surface area contributed by atoms with Gasteiger partial charge in [-0.15, -0.1) is 0 Å². The first-order valence-corrected chi connectivity index (χ1v) is 7.22. The minimum atomic E-state index is 0.0724. The molecule has 1 amide bonds. The molecular weight excluding hydrogens is 228 g/mol. The molecule has 1 unspecified atom stereocenters. The minimum Gasteiger partial charge on any atom is -0.385 e. The van der Waals surface area contributed by atoms with E-state index in [0.29, 0.717) is 11.3 Å². The van der Waals surface area contributed by atoms with Gasteiger partial charge in [-0.25, -0.2) is 0 Å². The summed E-state index contributed by atoms with van der Waals surface area (Å²) in [5, 5.41) is 3.34. The summed E-state index contributed by atoms with van der Waals surface area (Å²) in [7, 11) is 1.75. The van der Waals surface area contributed by atoms with Crippen LogP contribution in [0.25, 0.3) is 0 Å². The molecule has 0 bridgehead atoms. The number of unbranched alkanes of at least 4 members (excludes halogenated alkanes) is 1. The molecule has 1 saturated carbocycles. The van der Waals surface area contributed by atoms with E-state index in [1.54, 1.807) is 7.11 Å². The zero-order chi connectivity index (χ0) is 13.0. The van der Waals surface area contributed by atoms with Crippen LogP contribution in [0.4, 0.5) is 0 Å². The summed E-state index contributed by atoms with van der Waals surface area (Å²) in [6.07, 6.45) is 6.86. The van der Waals surface area contributed by atoms with Crippen molar-refractivity contribution in [1.82, 2.24) is 10.2 Å². The number of hydrogen-bond donors (Lipinski definition) is 1. The van der Waals surface area contributed by atoms with Crippen LogP contribution in [-0.4, -0.2) is 43.8 Å². The lowest BCUT2D eigenvalue weighted by Crippen LogP contribution is -2.35. The SMILES string of the molecule is CCCCC1NCN(CC2(CCOC)CC2)C1=O. The lowest BCUT2D eigenvalue weighted by atomic mass is 10.0. The van der Waals surface area contributed by atoms with Crippen molar-refractivity contribution in [3.63, 3.8) is 0 Å². The second kappa shape index (κ2) is 6.02. The van der Waals surface area contributed by atoms with Gasteiger partial charge in [0.2, 0.25) is 5.91 Å². The van der Waals surface area contributed by atoms with Gasteiger partial charge in [-0.05, 0) is 31.1 Å². The molecule has 0 aromatic carbocycles. The molecule has 1 N–H and O–H groups in total. The monoisotopic (exact) mass is 254 g/mol. The van der Waals surface area contributed by atoms with Gasteiger partial charge < -0.3 is 9.64 Å². The van der Waals surface area contributed by atoms with E-state index in [1.807, 2.05) is 4.90 Å². The molecule has 4 heteroatoms. The van der Waals surface area contributed by atoms with Crippen LogP contribution in [0.2, 0.25) is 0 Å². The van der Waals surface area contributed by atoms with Crippen molar-refractivity contribution >= 4 is 5.91 Å². The fraction of sp³-hybridized carbons (Fsp3) is 0.929. The van der Waals surface area contributed by atoms with Gasteiger partial charge in [0.1, 0.15) is 0 Å². The summed E-state index contributed by atoms with van der Waals surface area (Å²) < 4.78 is 5.16. The zero-order valence-electron chi connectivity index (χ0n) is 11.7. The molecule has 2 aliphatic rings. The van der Waals surface area contributed by atoms with E-state index < -0.39 is 0 Å². The number of carbonyl (C=O) groups excluding carboxylic acids is 1. The highest BCUT2D eigenvalue weighted by Crippen LogP contribution is 2.49. The van der Waals surface area contributed by atoms with Crippen LogP contribution in [-0.2, 0) is 9.53 Å². The Balaban J connectivity index is 1.79. The van der Waals surface area contributed by atoms with E-state index in [2.05, 4.69) is 12.2 Å². The largest absolute Gasteiger partial charge is 0.385 e. The third-order valence-corrected chi connectivity index (χ3v) is 4.30. The molecule has 1 atom stereocenters. The fourth-order valence-electron chi connectivity index (χ4n) is 2.76. The maximum atomic E-state index is 12.2. The summed E-state index contributed by atoms with van der Waals surface area (Å²) in [5.41, 5.74) is 0.368. The second-order valence-corrected chi connectivity index (χ2v) is 5.84. The number of amides is 1. The maximum absolute atomic E-state index is 12.2. The Morgan fingerprint density at radius 1 is 1.50 bits per heavy atom. The van der Waals surface area contributed by atoms with Gasteiger partial charge in [-0.1, -0.05) is 19.8 Å². The molecule has 1 aliphatic heterocycles. The highest BCUT2D eigenvalue weighted by molar-refractivity contribution is 5.83. The van der Waals surface area contributed by atoms with Crippen LogP contribution in [0.15, 0.2) is 0 Å². The summed E-state index contributed by atoms with van der Waals surface area (Å²) in [6, 6.07) is 0.0724. The van der Waals surface area contributed by atoms with Gasteiger partial charge in [0.25, 0.3) is 0 Å². The van der Waals surface area contributed by atoms with E-state index in [0.717, 1.165) is 45.5 Å². The third-order valence-electron chi connectivity index (χ3n) is 4.30. The number of hydrogen-bond acceptors (Lipinski definition) is 3. The molecule has 2 rings (SSSR count). The van der Waals surface area contributed by atoms with Crippen LogP contribution in [0.5, 0.6) is 0 Å². The van der Waals surface area contributed by atoms with Crippen molar-refractivity contribution in [2.24, 2.45) is 5.41 Å². The van der Waals surface area contributed by atoms with E-state index in [-0.39, 0.29) is 6.04 Å². The summed E-state index contributed by atoms with van der Waals surface area (Å²) in [5.74, 6) is 0.312. The van der Waals surface area contributed by atoms with Crippen molar-refractivity contribution < 1.29 is 9.53 Å². The molecule has 2 fully saturated rings. The third kappa shape index (κ3) is 3.23. The van der Waals surface area contributed by atoms with Gasteiger partial charge >= 0.3 is 0 Å². The fourth-order valence-corrected chi connectivity index (χ4v) is 2.76. The predicted octanol–water partition coefficient (Wildman–Crippen LogP) is 1.75. The Hall–Kier alpha value is -0.610. The average molecular weight is 254 g/mol. The van der Waals surface area contributed by atoms with Crippen LogP contribution in [0.1, 0.15) is 45.4 Å². The Labute approximate surface area is 110 Å². The highest BCUT2D eigenvalue weighted by atomic mass is 16.5. The lowest BCUT2D eigenvalue weighted by molar-refractivity contribution is -0.129. The molecule has 18 heavy (non-hydrogen) atoms. The Morgan fingerprint density at radius 2 is 2.28 bits per heavy atom. The maximum Gasteiger partial charge on any atom is 0.240 e. The number of nitrogens with one attached hydrogen (secondary N) is 1. The van der Waals surface area contributed by atoms with Gasteiger partial charge in [0.05, 0.1) is 12.7 Å². The molecule has 104 valence electrons. The second-order valence-electron chi connectivity index (χ2n) is 5.84. The summed E-state index contributed by atoms with van der Waals surface area (Å²) in [6.45, 7) is 4.64. The topological polar surface area (TPSA) is 41.6 Å². The number of rotatable bonds is 8. The molecule has 0 radical (unpaired) electrons. The van der Waals surface area contributed by atoms with E-state index >= 15 is 0 Å². The van der Waals surface area contributed by atoms with Crippen LogP contribution >= 0.6 is 0 Å². The highest BCUT2D eigenvalue weighted by Gasteiger charge is 2.45. The van der Waals surface area contributed by atoms with Crippen LogP contribution < -0.4 is 5.32 Å². The summed E-state index contributed by atoms with van der Waals surface area (Å²) in [4.78, 5) is 14.2. The standard InChI is InChI=1S/C14H26N2O2/c1-3-4-5-12-13(17)16(11-15-12)10-14(6-7-14)8-9-18-2/h12,15H,3-11H2,1-2H3. The van der Waals surface area contributed by atoms with Crippen molar-refractivity contribution in [3.05, 3.63) is 0 Å². The average Bonchev–Trinajstić information content (AvgIpc) is 3.06. The van der Waals surface area contributed by atoms with Crippen molar-refractivity contribution in [2.45, 2.75) is 51.5 Å². The Bertz CT molecular complexity index is 290. The van der Waals surface area contributed by atoms with Crippen LogP contribution in [0, 0.1) is 5.41 Å². The number of carbonyl (C=O) groups is 1. The van der Waals surface area contributed by atoms with Gasteiger partial charge in [-0.3, -0.25) is 10.1 Å². The van der Waals surface area contributed by atoms with Crippen molar-refractivity contribution in [3.8, 4) is 0 Å². The molecule has 0 spiro atoms. The summed E-state index contributed by atoms with van der Waals surface area (Å²) >= 11 is 0. The molecule has 4 nitrogen and oxygen atoms in total. The molecule has 1 saturated heterocycles. The van der Waals surface area contributed by atoms with E-state index in [9.17, 15) is 4.79 Å². The number of nitrogens with zero attached hydrogens (tertiary/aromatic N) is 1. The first-order chi connectivity index (χ1) is 8.71. The first-order valence-electron chi connectivity index (χ1n) is 7.22. The zero-order valence-corrected chi connectivity index (χ0v) is 11.7. The van der Waals surface area contributed by atoms with Gasteiger partial charge in [0, 0.05) is 20.3 Å². The Kier molecular flexibility index (Phi) is 4.62. The molecule has 1 aliphatic carbocycles. The van der Waals surface area contributed by atoms with E-state index in [1.165, 1.54) is 12.8 Å². The quantitative estimate of drug-likeness (QED) is 0.717. The molecular formula is C14H26N2O2. The Morgan fingerprint density at radius 3 is 2.89 bits per heavy atom. The molecule has 1 heterocycles. The lowest BCUT2D eigenvalue weighted by Gasteiger charge is -2.22. The van der Waals surface area contributed by atoms with Crippen molar-refractivity contribution in [2.75, 3.05) is 26.9 Å². The minimum absolute atomic E-state index is 0.0724. The van der Waals surface area contributed by atoms with Crippen LogP contribution in [0.3, 0.4) is 0 Å². The normalized spacial score (nSPS) is 25.8. The predicted molar refractivity (Wildman–Crippen MR) is 71.2 cm³/mol. The number of ether oxygens (including phenoxy) is 1. The number of methoxy groups -OCH3 is 1. The molecule has 0 aromatic rings. The smallest absolute Gasteiger partial charge is 0.240 e. The first kappa shape index (κ1) is 13.8.